The molecule has 1 atom stereocenters. The van der Waals surface area contributed by atoms with Gasteiger partial charge in [0.05, 0.1) is 6.04 Å². The molecule has 0 radical (unpaired) electrons. The number of hydrogen-bond donors (Lipinski definition) is 2. The highest BCUT2D eigenvalue weighted by molar-refractivity contribution is 5.86. The van der Waals surface area contributed by atoms with Crippen molar-refractivity contribution in [2.75, 3.05) is 5.32 Å². The summed E-state index contributed by atoms with van der Waals surface area (Å²) in [5.74, 6) is 1.58. The molecular formula is C29H25N3O2. The van der Waals surface area contributed by atoms with Crippen molar-refractivity contribution in [1.29, 1.82) is 0 Å². The normalized spacial score (nSPS) is 11.8. The van der Waals surface area contributed by atoms with E-state index < -0.39 is 6.04 Å². The van der Waals surface area contributed by atoms with Gasteiger partial charge in [0, 0.05) is 28.4 Å². The minimum absolute atomic E-state index is 0.140. The largest absolute Gasteiger partial charge is 0.505 e. The molecule has 2 heterocycles. The lowest BCUT2D eigenvalue weighted by molar-refractivity contribution is 0.302. The zero-order chi connectivity index (χ0) is 23.3. The van der Waals surface area contributed by atoms with Gasteiger partial charge in [0.15, 0.2) is 0 Å². The number of benzene rings is 3. The van der Waals surface area contributed by atoms with E-state index in [0.29, 0.717) is 23.5 Å². The number of nitrogens with one attached hydrogen (secondary N) is 1. The third kappa shape index (κ3) is 4.55. The molecule has 2 N–H and O–H groups in total. The molecule has 5 aromatic rings. The van der Waals surface area contributed by atoms with E-state index in [0.717, 1.165) is 28.0 Å². The Hall–Kier alpha value is -4.38. The maximum Gasteiger partial charge on any atom is 0.147 e. The van der Waals surface area contributed by atoms with Gasteiger partial charge in [-0.15, -0.1) is 0 Å². The van der Waals surface area contributed by atoms with Crippen molar-refractivity contribution in [3.8, 4) is 11.5 Å². The maximum atomic E-state index is 11.2. The molecule has 34 heavy (non-hydrogen) atoms. The van der Waals surface area contributed by atoms with Crippen molar-refractivity contribution < 1.29 is 9.84 Å². The number of aromatic hydroxyl groups is 1. The highest BCUT2D eigenvalue weighted by atomic mass is 16.5. The van der Waals surface area contributed by atoms with Crippen molar-refractivity contribution in [1.82, 2.24) is 9.97 Å². The van der Waals surface area contributed by atoms with Crippen LogP contribution in [0.25, 0.3) is 10.9 Å². The monoisotopic (exact) mass is 447 g/mol. The highest BCUT2D eigenvalue weighted by Gasteiger charge is 2.23. The zero-order valence-corrected chi connectivity index (χ0v) is 18.8. The smallest absolute Gasteiger partial charge is 0.147 e. The number of aromatic nitrogens is 2. The summed E-state index contributed by atoms with van der Waals surface area (Å²) in [5.41, 5.74) is 4.14. The Bertz CT molecular complexity index is 1420. The van der Waals surface area contributed by atoms with E-state index in [2.05, 4.69) is 15.3 Å². The van der Waals surface area contributed by atoms with Crippen LogP contribution in [0.3, 0.4) is 0 Å². The molecule has 5 nitrogen and oxygen atoms in total. The zero-order valence-electron chi connectivity index (χ0n) is 18.8. The lowest BCUT2D eigenvalue weighted by Gasteiger charge is -2.24. The van der Waals surface area contributed by atoms with E-state index in [4.69, 9.17) is 4.74 Å². The molecule has 168 valence electrons. The van der Waals surface area contributed by atoms with Crippen LogP contribution in [0.1, 0.15) is 28.4 Å². The topological polar surface area (TPSA) is 67.3 Å². The lowest BCUT2D eigenvalue weighted by Crippen LogP contribution is -2.15. The van der Waals surface area contributed by atoms with Gasteiger partial charge in [-0.2, -0.15) is 0 Å². The summed E-state index contributed by atoms with van der Waals surface area (Å²) in [6.45, 7) is 2.40. The fourth-order valence-electron chi connectivity index (χ4n) is 4.06. The van der Waals surface area contributed by atoms with Gasteiger partial charge < -0.3 is 15.2 Å². The number of para-hydroxylation sites is 1. The summed E-state index contributed by atoms with van der Waals surface area (Å²) in [7, 11) is 0. The first-order valence-corrected chi connectivity index (χ1v) is 11.2. The van der Waals surface area contributed by atoms with Crippen molar-refractivity contribution >= 4 is 16.7 Å². The summed E-state index contributed by atoms with van der Waals surface area (Å²) >= 11 is 0. The number of pyridine rings is 2. The minimum Gasteiger partial charge on any atom is -0.505 e. The molecule has 0 amide bonds. The van der Waals surface area contributed by atoms with Crippen LogP contribution in [0.4, 0.5) is 5.82 Å². The van der Waals surface area contributed by atoms with Crippen LogP contribution < -0.4 is 10.1 Å². The molecule has 0 aliphatic rings. The molecule has 0 saturated heterocycles. The first-order valence-electron chi connectivity index (χ1n) is 11.2. The van der Waals surface area contributed by atoms with Crippen molar-refractivity contribution in [2.45, 2.75) is 19.6 Å². The SMILES string of the molecule is Cc1cccc(NC(c2ccccc2OCc2ccccc2)c2ccc3cccnc3c2O)n1. The predicted molar refractivity (Wildman–Crippen MR) is 135 cm³/mol. The Labute approximate surface area is 198 Å². The van der Waals surface area contributed by atoms with Crippen LogP contribution in [0, 0.1) is 6.92 Å². The molecule has 5 heteroatoms. The average molecular weight is 448 g/mol. The van der Waals surface area contributed by atoms with Gasteiger partial charge in [0.25, 0.3) is 0 Å². The number of phenols is 1. The van der Waals surface area contributed by atoms with Gasteiger partial charge in [-0.3, -0.25) is 4.98 Å². The molecule has 3 aromatic carbocycles. The van der Waals surface area contributed by atoms with Crippen LogP contribution in [-0.2, 0) is 6.61 Å². The summed E-state index contributed by atoms with van der Waals surface area (Å²) in [5, 5.41) is 15.6. The highest BCUT2D eigenvalue weighted by Crippen LogP contribution is 2.39. The van der Waals surface area contributed by atoms with Crippen LogP contribution >= 0.6 is 0 Å². The number of hydrogen-bond acceptors (Lipinski definition) is 5. The Morgan fingerprint density at radius 2 is 1.65 bits per heavy atom. The Morgan fingerprint density at radius 3 is 2.50 bits per heavy atom. The van der Waals surface area contributed by atoms with E-state index in [1.807, 2.05) is 104 Å². The molecule has 0 aliphatic carbocycles. The van der Waals surface area contributed by atoms with Gasteiger partial charge in [-0.25, -0.2) is 4.98 Å². The number of phenolic OH excluding ortho intramolecular Hbond substituents is 1. The Morgan fingerprint density at radius 1 is 0.824 bits per heavy atom. The van der Waals surface area contributed by atoms with Crippen LogP contribution in [0.5, 0.6) is 11.5 Å². The molecule has 0 fully saturated rings. The average Bonchev–Trinajstić information content (AvgIpc) is 2.88. The van der Waals surface area contributed by atoms with Crippen LogP contribution in [0.15, 0.2) is 103 Å². The van der Waals surface area contributed by atoms with Gasteiger partial charge in [0.1, 0.15) is 29.4 Å². The third-order valence-corrected chi connectivity index (χ3v) is 5.74. The third-order valence-electron chi connectivity index (χ3n) is 5.74. The Kier molecular flexibility index (Phi) is 6.08. The first kappa shape index (κ1) is 21.5. The predicted octanol–water partition coefficient (Wildman–Crippen LogP) is 6.42. The molecular weight excluding hydrogens is 422 g/mol. The summed E-state index contributed by atoms with van der Waals surface area (Å²) in [6, 6.07) is 31.1. The second kappa shape index (κ2) is 9.63. The van der Waals surface area contributed by atoms with Gasteiger partial charge >= 0.3 is 0 Å². The lowest BCUT2D eigenvalue weighted by atomic mass is 9.95. The number of nitrogens with zero attached hydrogens (tertiary/aromatic N) is 2. The molecule has 1 unspecified atom stereocenters. The van der Waals surface area contributed by atoms with E-state index in [9.17, 15) is 5.11 Å². The van der Waals surface area contributed by atoms with Crippen molar-refractivity contribution in [3.63, 3.8) is 0 Å². The number of fused-ring (bicyclic) bond motifs is 1. The van der Waals surface area contributed by atoms with Crippen molar-refractivity contribution in [2.24, 2.45) is 0 Å². The summed E-state index contributed by atoms with van der Waals surface area (Å²) in [6.07, 6.45) is 1.69. The van der Waals surface area contributed by atoms with Gasteiger partial charge in [-0.05, 0) is 36.8 Å². The second-order valence-corrected chi connectivity index (χ2v) is 8.13. The number of aryl methyl sites for hydroxylation is 1. The van der Waals surface area contributed by atoms with E-state index in [1.165, 1.54) is 0 Å². The molecule has 0 aliphatic heterocycles. The number of rotatable bonds is 7. The number of ether oxygens (including phenoxy) is 1. The molecule has 2 aromatic heterocycles. The van der Waals surface area contributed by atoms with Gasteiger partial charge in [-0.1, -0.05) is 72.8 Å². The summed E-state index contributed by atoms with van der Waals surface area (Å²) < 4.78 is 6.26. The van der Waals surface area contributed by atoms with E-state index in [-0.39, 0.29) is 5.75 Å². The van der Waals surface area contributed by atoms with E-state index >= 15 is 0 Å². The van der Waals surface area contributed by atoms with Crippen molar-refractivity contribution in [3.05, 3.63) is 126 Å². The van der Waals surface area contributed by atoms with Crippen LogP contribution in [-0.4, -0.2) is 15.1 Å². The molecule has 0 spiro atoms. The molecule has 5 rings (SSSR count). The summed E-state index contributed by atoms with van der Waals surface area (Å²) in [4.78, 5) is 9.04. The molecule has 0 bridgehead atoms. The maximum absolute atomic E-state index is 11.2. The fourth-order valence-corrected chi connectivity index (χ4v) is 4.06. The van der Waals surface area contributed by atoms with Gasteiger partial charge in [0.2, 0.25) is 0 Å². The Balaban J connectivity index is 1.59. The second-order valence-electron chi connectivity index (χ2n) is 8.13. The standard InChI is InChI=1S/C29H25N3O2/c1-20-9-7-15-26(31-20)32-28(24-17-16-22-12-8-18-30-27(22)29(24)33)23-13-5-6-14-25(23)34-19-21-10-3-2-4-11-21/h2-18,28,33H,19H2,1H3,(H,31,32). The quantitative estimate of drug-likeness (QED) is 0.301. The first-order chi connectivity index (χ1) is 16.7. The van der Waals surface area contributed by atoms with E-state index in [1.54, 1.807) is 6.20 Å². The van der Waals surface area contributed by atoms with Crippen LogP contribution in [0.2, 0.25) is 0 Å². The molecule has 0 saturated carbocycles. The fraction of sp³-hybridized carbons (Fsp3) is 0.103. The minimum atomic E-state index is -0.410. The number of anilines is 1.